The Hall–Kier alpha value is -3.88. The summed E-state index contributed by atoms with van der Waals surface area (Å²) in [7, 11) is 2.83. The van der Waals surface area contributed by atoms with Crippen molar-refractivity contribution in [2.75, 3.05) is 20.8 Å². The quantitative estimate of drug-likeness (QED) is 0.563. The predicted molar refractivity (Wildman–Crippen MR) is 101 cm³/mol. The van der Waals surface area contributed by atoms with Crippen LogP contribution in [0.1, 0.15) is 11.1 Å². The summed E-state index contributed by atoms with van der Waals surface area (Å²) in [5, 5.41) is 0. The van der Waals surface area contributed by atoms with Crippen molar-refractivity contribution < 1.29 is 32.9 Å². The van der Waals surface area contributed by atoms with Crippen molar-refractivity contribution in [3.8, 4) is 17.2 Å². The maximum Gasteiger partial charge on any atom is 0.363 e. The smallest absolute Gasteiger partial charge is 0.363 e. The van der Waals surface area contributed by atoms with E-state index in [1.54, 1.807) is 12.1 Å². The molecule has 150 valence electrons. The van der Waals surface area contributed by atoms with Gasteiger partial charge in [-0.2, -0.15) is 0 Å². The maximum atomic E-state index is 13.1. The molecule has 0 aliphatic carbocycles. The van der Waals surface area contributed by atoms with E-state index in [2.05, 4.69) is 4.99 Å². The van der Waals surface area contributed by atoms with Gasteiger partial charge in [0.1, 0.15) is 5.82 Å². The lowest BCUT2D eigenvalue weighted by Crippen LogP contribution is -2.20. The van der Waals surface area contributed by atoms with Gasteiger partial charge in [-0.3, -0.25) is 4.79 Å². The minimum atomic E-state index is -0.656. The third-order valence-corrected chi connectivity index (χ3v) is 3.86. The molecule has 2 N–H and O–H groups in total. The molecule has 9 heteroatoms. The second-order valence-corrected chi connectivity index (χ2v) is 5.85. The molecular formula is C20H17FN2O6. The first-order valence-corrected chi connectivity index (χ1v) is 8.37. The minimum Gasteiger partial charge on any atom is -0.493 e. The number of carbonyl (C=O) groups excluding carboxylic acids is 2. The van der Waals surface area contributed by atoms with Crippen LogP contribution in [0, 0.1) is 5.82 Å². The van der Waals surface area contributed by atoms with Crippen LogP contribution in [-0.4, -0.2) is 38.6 Å². The topological polar surface area (TPSA) is 109 Å². The Kier molecular flexibility index (Phi) is 5.77. The number of rotatable bonds is 7. The highest BCUT2D eigenvalue weighted by molar-refractivity contribution is 6.12. The third kappa shape index (κ3) is 4.52. The van der Waals surface area contributed by atoms with E-state index >= 15 is 0 Å². The van der Waals surface area contributed by atoms with Gasteiger partial charge in [0.15, 0.2) is 23.8 Å². The number of methoxy groups -OCH3 is 2. The van der Waals surface area contributed by atoms with E-state index in [0.717, 1.165) is 0 Å². The van der Waals surface area contributed by atoms with Gasteiger partial charge in [-0.1, -0.05) is 0 Å². The molecule has 2 aromatic rings. The van der Waals surface area contributed by atoms with Crippen LogP contribution in [-0.2, 0) is 14.3 Å². The number of halogens is 1. The molecule has 0 radical (unpaired) electrons. The average Bonchev–Trinajstić information content (AvgIpc) is 3.06. The number of carbonyl (C=O) groups is 2. The summed E-state index contributed by atoms with van der Waals surface area (Å²) in [6.45, 7) is -0.356. The Labute approximate surface area is 165 Å². The third-order valence-electron chi connectivity index (χ3n) is 3.86. The number of esters is 1. The number of ether oxygens (including phenoxy) is 4. The molecule has 0 bridgehead atoms. The van der Waals surface area contributed by atoms with Gasteiger partial charge in [0.05, 0.1) is 14.2 Å². The van der Waals surface area contributed by atoms with E-state index in [4.69, 9.17) is 24.7 Å². The van der Waals surface area contributed by atoms with Gasteiger partial charge >= 0.3 is 5.97 Å². The summed E-state index contributed by atoms with van der Waals surface area (Å²) in [5.74, 6) is -0.916. The molecule has 1 aliphatic rings. The number of primary amides is 1. The number of nitrogens with two attached hydrogens (primary N) is 1. The van der Waals surface area contributed by atoms with Crippen molar-refractivity contribution in [2.24, 2.45) is 10.7 Å². The number of amides is 1. The molecule has 1 amide bonds. The molecule has 0 aromatic heterocycles. The van der Waals surface area contributed by atoms with Crippen LogP contribution in [0.5, 0.6) is 17.2 Å². The average molecular weight is 400 g/mol. The molecule has 8 nitrogen and oxygen atoms in total. The summed E-state index contributed by atoms with van der Waals surface area (Å²) >= 11 is 0. The van der Waals surface area contributed by atoms with Gasteiger partial charge in [0.2, 0.25) is 11.6 Å². The molecule has 2 aromatic carbocycles. The van der Waals surface area contributed by atoms with Gasteiger partial charge in [-0.05, 0) is 48.0 Å². The predicted octanol–water partition coefficient (Wildman–Crippen LogP) is 2.05. The zero-order valence-electron chi connectivity index (χ0n) is 15.6. The Morgan fingerprint density at radius 3 is 2.34 bits per heavy atom. The van der Waals surface area contributed by atoms with Gasteiger partial charge < -0.3 is 24.7 Å². The maximum absolute atomic E-state index is 13.1. The van der Waals surface area contributed by atoms with Crippen LogP contribution in [0.15, 0.2) is 47.1 Å². The van der Waals surface area contributed by atoms with E-state index in [9.17, 15) is 14.0 Å². The molecule has 0 saturated carbocycles. The van der Waals surface area contributed by atoms with Crippen molar-refractivity contribution >= 4 is 23.9 Å². The lowest BCUT2D eigenvalue weighted by Gasteiger charge is -2.14. The lowest BCUT2D eigenvalue weighted by molar-refractivity contribution is -0.130. The molecule has 3 rings (SSSR count). The van der Waals surface area contributed by atoms with E-state index < -0.39 is 17.7 Å². The van der Waals surface area contributed by atoms with Crippen LogP contribution in [0.3, 0.4) is 0 Å². The molecule has 1 aliphatic heterocycles. The highest BCUT2D eigenvalue weighted by Crippen LogP contribution is 2.39. The van der Waals surface area contributed by atoms with Crippen LogP contribution in [0.4, 0.5) is 4.39 Å². The molecule has 0 unspecified atom stereocenters. The Morgan fingerprint density at radius 2 is 1.79 bits per heavy atom. The van der Waals surface area contributed by atoms with Gasteiger partial charge in [0.25, 0.3) is 5.91 Å². The van der Waals surface area contributed by atoms with Crippen molar-refractivity contribution in [1.82, 2.24) is 0 Å². The number of hydrogen-bond acceptors (Lipinski definition) is 7. The normalized spacial score (nSPS) is 14.4. The summed E-state index contributed by atoms with van der Waals surface area (Å²) in [5.41, 5.74) is 6.13. The van der Waals surface area contributed by atoms with Crippen LogP contribution < -0.4 is 19.9 Å². The Bertz CT molecular complexity index is 989. The van der Waals surface area contributed by atoms with E-state index in [1.807, 2.05) is 0 Å². The van der Waals surface area contributed by atoms with Crippen molar-refractivity contribution in [3.05, 3.63) is 59.0 Å². The van der Waals surface area contributed by atoms with Crippen LogP contribution in [0.2, 0.25) is 0 Å². The molecule has 29 heavy (non-hydrogen) atoms. The first kappa shape index (κ1) is 19.9. The number of benzene rings is 2. The molecule has 1 heterocycles. The summed E-state index contributed by atoms with van der Waals surface area (Å²) in [6, 6.07) is 8.56. The highest BCUT2D eigenvalue weighted by Gasteiger charge is 2.25. The number of nitrogens with zero attached hydrogens (tertiary/aromatic N) is 1. The number of cyclic esters (lactones) is 1. The molecular weight excluding hydrogens is 383 g/mol. The SMILES string of the molecule is COc1cc(/C=C2/N=C(c3ccc(F)cc3)OC2=O)cc(OC)c1OCC(N)=O. The van der Waals surface area contributed by atoms with Gasteiger partial charge in [-0.25, -0.2) is 14.2 Å². The minimum absolute atomic E-state index is 0.0410. The Balaban J connectivity index is 1.95. The van der Waals surface area contributed by atoms with Crippen LogP contribution in [0.25, 0.3) is 6.08 Å². The largest absolute Gasteiger partial charge is 0.493 e. The Morgan fingerprint density at radius 1 is 1.17 bits per heavy atom. The number of aliphatic imine (C=N–C) groups is 1. The van der Waals surface area contributed by atoms with Crippen LogP contribution >= 0.6 is 0 Å². The standard InChI is InChI=1S/C20H17FN2O6/c1-26-15-8-11(9-16(27-2)18(15)28-10-17(22)24)7-14-20(25)29-19(23-14)12-3-5-13(21)6-4-12/h3-9H,10H2,1-2H3,(H2,22,24)/b14-7+. The lowest BCUT2D eigenvalue weighted by atomic mass is 10.1. The first-order valence-electron chi connectivity index (χ1n) is 8.37. The molecule has 0 fully saturated rings. The monoisotopic (exact) mass is 400 g/mol. The second-order valence-electron chi connectivity index (χ2n) is 5.85. The zero-order chi connectivity index (χ0) is 21.0. The summed E-state index contributed by atoms with van der Waals surface area (Å²) < 4.78 is 34.1. The van der Waals surface area contributed by atoms with E-state index in [-0.39, 0.29) is 35.5 Å². The van der Waals surface area contributed by atoms with Crippen molar-refractivity contribution in [1.29, 1.82) is 0 Å². The van der Waals surface area contributed by atoms with E-state index in [1.165, 1.54) is 44.6 Å². The fourth-order valence-electron chi connectivity index (χ4n) is 2.55. The van der Waals surface area contributed by atoms with Crippen molar-refractivity contribution in [3.63, 3.8) is 0 Å². The zero-order valence-corrected chi connectivity index (χ0v) is 15.6. The van der Waals surface area contributed by atoms with E-state index in [0.29, 0.717) is 11.1 Å². The number of hydrogen-bond donors (Lipinski definition) is 1. The van der Waals surface area contributed by atoms with Gasteiger partial charge in [0, 0.05) is 5.56 Å². The second kappa shape index (κ2) is 8.42. The summed E-state index contributed by atoms with van der Waals surface area (Å²) in [6.07, 6.45) is 1.47. The molecule has 0 atom stereocenters. The fourth-order valence-corrected chi connectivity index (χ4v) is 2.55. The molecule has 0 saturated heterocycles. The van der Waals surface area contributed by atoms with Crippen molar-refractivity contribution in [2.45, 2.75) is 0 Å². The van der Waals surface area contributed by atoms with Gasteiger partial charge in [-0.15, -0.1) is 0 Å². The molecule has 0 spiro atoms. The fraction of sp³-hybridized carbons (Fsp3) is 0.150. The highest BCUT2D eigenvalue weighted by atomic mass is 19.1. The first-order chi connectivity index (χ1) is 13.9. The summed E-state index contributed by atoms with van der Waals surface area (Å²) in [4.78, 5) is 27.3.